The minimum atomic E-state index is -0.823. The fraction of sp³-hybridized carbons (Fsp3) is 0.455. The number of aliphatic carboxylic acids is 1. The number of hydrogen-bond donors (Lipinski definition) is 2. The first-order valence-electron chi connectivity index (χ1n) is 5.13. The number of carbonyl (C=O) groups is 1. The van der Waals surface area contributed by atoms with Crippen molar-refractivity contribution in [3.8, 4) is 0 Å². The SMILES string of the molecule is O=C(O)CNC(c1ccccn1)C1CC1. The van der Waals surface area contributed by atoms with Gasteiger partial charge in [-0.05, 0) is 30.9 Å². The number of rotatable bonds is 5. The van der Waals surface area contributed by atoms with Crippen LogP contribution in [0.3, 0.4) is 0 Å². The first kappa shape index (κ1) is 10.1. The second kappa shape index (κ2) is 4.40. The highest BCUT2D eigenvalue weighted by molar-refractivity contribution is 5.69. The van der Waals surface area contributed by atoms with Crippen molar-refractivity contribution in [2.24, 2.45) is 5.92 Å². The van der Waals surface area contributed by atoms with Crippen LogP contribution in [0.5, 0.6) is 0 Å². The van der Waals surface area contributed by atoms with Crippen molar-refractivity contribution in [2.45, 2.75) is 18.9 Å². The molecule has 80 valence electrons. The van der Waals surface area contributed by atoms with Gasteiger partial charge in [-0.15, -0.1) is 0 Å². The normalized spacial score (nSPS) is 17.3. The standard InChI is InChI=1S/C11H14N2O2/c14-10(15)7-13-11(8-4-5-8)9-3-1-2-6-12-9/h1-3,6,8,11,13H,4-5,7H2,(H,14,15). The van der Waals surface area contributed by atoms with Crippen molar-refractivity contribution in [1.29, 1.82) is 0 Å². The monoisotopic (exact) mass is 206 g/mol. The molecule has 4 nitrogen and oxygen atoms in total. The van der Waals surface area contributed by atoms with Crippen LogP contribution in [-0.2, 0) is 4.79 Å². The molecular formula is C11H14N2O2. The summed E-state index contributed by atoms with van der Waals surface area (Å²) in [6, 6.07) is 5.84. The van der Waals surface area contributed by atoms with Gasteiger partial charge in [-0.1, -0.05) is 6.07 Å². The Hall–Kier alpha value is -1.42. The van der Waals surface area contributed by atoms with E-state index in [1.807, 2.05) is 18.2 Å². The van der Waals surface area contributed by atoms with Crippen molar-refractivity contribution in [3.05, 3.63) is 30.1 Å². The molecule has 0 radical (unpaired) electrons. The Kier molecular flexibility index (Phi) is 2.97. The van der Waals surface area contributed by atoms with Crippen LogP contribution in [-0.4, -0.2) is 22.6 Å². The highest BCUT2D eigenvalue weighted by atomic mass is 16.4. The highest BCUT2D eigenvalue weighted by Crippen LogP contribution is 2.40. The van der Waals surface area contributed by atoms with Gasteiger partial charge in [-0.25, -0.2) is 0 Å². The van der Waals surface area contributed by atoms with Crippen LogP contribution in [0.1, 0.15) is 24.6 Å². The molecule has 0 spiro atoms. The maximum Gasteiger partial charge on any atom is 0.317 e. The van der Waals surface area contributed by atoms with Crippen LogP contribution >= 0.6 is 0 Å². The topological polar surface area (TPSA) is 62.2 Å². The number of aromatic nitrogens is 1. The third-order valence-corrected chi connectivity index (χ3v) is 2.57. The smallest absolute Gasteiger partial charge is 0.317 e. The van der Waals surface area contributed by atoms with Crippen LogP contribution in [0.2, 0.25) is 0 Å². The van der Waals surface area contributed by atoms with E-state index in [1.54, 1.807) is 6.20 Å². The molecule has 2 N–H and O–H groups in total. The van der Waals surface area contributed by atoms with Gasteiger partial charge in [0.25, 0.3) is 0 Å². The van der Waals surface area contributed by atoms with Crippen LogP contribution in [0, 0.1) is 5.92 Å². The number of nitrogens with one attached hydrogen (secondary N) is 1. The van der Waals surface area contributed by atoms with E-state index in [2.05, 4.69) is 10.3 Å². The second-order valence-corrected chi connectivity index (χ2v) is 3.84. The molecule has 0 amide bonds. The molecule has 1 aliphatic carbocycles. The molecule has 1 heterocycles. The summed E-state index contributed by atoms with van der Waals surface area (Å²) in [6.07, 6.45) is 4.06. The van der Waals surface area contributed by atoms with Crippen molar-refractivity contribution in [1.82, 2.24) is 10.3 Å². The minimum Gasteiger partial charge on any atom is -0.480 e. The maximum absolute atomic E-state index is 10.5. The van der Waals surface area contributed by atoms with Gasteiger partial charge in [0.1, 0.15) is 0 Å². The third-order valence-electron chi connectivity index (χ3n) is 2.57. The maximum atomic E-state index is 10.5. The molecule has 1 atom stereocenters. The zero-order valence-corrected chi connectivity index (χ0v) is 8.39. The van der Waals surface area contributed by atoms with E-state index in [9.17, 15) is 4.79 Å². The molecule has 1 aliphatic rings. The predicted molar refractivity (Wildman–Crippen MR) is 55.3 cm³/mol. The predicted octanol–water partition coefficient (Wildman–Crippen LogP) is 1.21. The molecule has 0 aromatic carbocycles. The van der Waals surface area contributed by atoms with Gasteiger partial charge < -0.3 is 5.11 Å². The van der Waals surface area contributed by atoms with Gasteiger partial charge in [0.15, 0.2) is 0 Å². The molecular weight excluding hydrogens is 192 g/mol. The van der Waals surface area contributed by atoms with Gasteiger partial charge in [0.05, 0.1) is 18.3 Å². The Bertz CT molecular complexity index is 336. The Labute approximate surface area is 88.3 Å². The lowest BCUT2D eigenvalue weighted by molar-refractivity contribution is -0.136. The van der Waals surface area contributed by atoms with Crippen LogP contribution < -0.4 is 5.32 Å². The lowest BCUT2D eigenvalue weighted by Gasteiger charge is -2.16. The Morgan fingerprint density at radius 2 is 2.40 bits per heavy atom. The Morgan fingerprint density at radius 3 is 2.93 bits per heavy atom. The number of pyridine rings is 1. The minimum absolute atomic E-state index is 0.00224. The summed E-state index contributed by atoms with van der Waals surface area (Å²) < 4.78 is 0. The van der Waals surface area contributed by atoms with E-state index in [1.165, 1.54) is 0 Å². The summed E-state index contributed by atoms with van der Waals surface area (Å²) in [7, 11) is 0. The van der Waals surface area contributed by atoms with E-state index >= 15 is 0 Å². The lowest BCUT2D eigenvalue weighted by Crippen LogP contribution is -2.29. The molecule has 1 aromatic rings. The van der Waals surface area contributed by atoms with Gasteiger partial charge in [0, 0.05) is 6.20 Å². The first-order chi connectivity index (χ1) is 7.27. The van der Waals surface area contributed by atoms with Gasteiger partial charge in [0.2, 0.25) is 0 Å². The van der Waals surface area contributed by atoms with Crippen molar-refractivity contribution in [3.63, 3.8) is 0 Å². The van der Waals surface area contributed by atoms with Gasteiger partial charge >= 0.3 is 5.97 Å². The van der Waals surface area contributed by atoms with Gasteiger partial charge in [-0.3, -0.25) is 15.1 Å². The fourth-order valence-corrected chi connectivity index (χ4v) is 1.70. The lowest BCUT2D eigenvalue weighted by atomic mass is 10.1. The Balaban J connectivity index is 2.03. The molecule has 2 rings (SSSR count). The molecule has 1 saturated carbocycles. The quantitative estimate of drug-likeness (QED) is 0.760. The van der Waals surface area contributed by atoms with Crippen LogP contribution in [0.25, 0.3) is 0 Å². The van der Waals surface area contributed by atoms with E-state index in [-0.39, 0.29) is 12.6 Å². The van der Waals surface area contributed by atoms with Crippen LogP contribution in [0.4, 0.5) is 0 Å². The molecule has 4 heteroatoms. The summed E-state index contributed by atoms with van der Waals surface area (Å²) in [5, 5.41) is 11.7. The zero-order valence-electron chi connectivity index (χ0n) is 8.39. The molecule has 0 saturated heterocycles. The molecule has 1 aromatic heterocycles. The largest absolute Gasteiger partial charge is 0.480 e. The summed E-state index contributed by atoms with van der Waals surface area (Å²) in [6.45, 7) is -0.00224. The fourth-order valence-electron chi connectivity index (χ4n) is 1.70. The summed E-state index contributed by atoms with van der Waals surface area (Å²) >= 11 is 0. The van der Waals surface area contributed by atoms with Gasteiger partial charge in [-0.2, -0.15) is 0 Å². The van der Waals surface area contributed by atoms with E-state index in [4.69, 9.17) is 5.11 Å². The molecule has 0 bridgehead atoms. The zero-order chi connectivity index (χ0) is 10.7. The molecule has 15 heavy (non-hydrogen) atoms. The van der Waals surface area contributed by atoms with Crippen LogP contribution in [0.15, 0.2) is 24.4 Å². The number of nitrogens with zero attached hydrogens (tertiary/aromatic N) is 1. The first-order valence-corrected chi connectivity index (χ1v) is 5.13. The number of carboxylic acid groups (broad SMARTS) is 1. The molecule has 1 fully saturated rings. The average molecular weight is 206 g/mol. The molecule has 1 unspecified atom stereocenters. The molecule has 0 aliphatic heterocycles. The summed E-state index contributed by atoms with van der Waals surface area (Å²) in [5.74, 6) is -0.268. The van der Waals surface area contributed by atoms with E-state index in [0.717, 1.165) is 18.5 Å². The summed E-state index contributed by atoms with van der Waals surface area (Å²) in [4.78, 5) is 14.8. The van der Waals surface area contributed by atoms with Crippen molar-refractivity contribution < 1.29 is 9.90 Å². The second-order valence-electron chi connectivity index (χ2n) is 3.84. The average Bonchev–Trinajstić information content (AvgIpc) is 3.03. The van der Waals surface area contributed by atoms with E-state index in [0.29, 0.717) is 5.92 Å². The van der Waals surface area contributed by atoms with Crippen molar-refractivity contribution in [2.75, 3.05) is 6.54 Å². The summed E-state index contributed by atoms with van der Waals surface area (Å²) in [5.41, 5.74) is 0.946. The number of hydrogen-bond acceptors (Lipinski definition) is 3. The third kappa shape index (κ3) is 2.76. The van der Waals surface area contributed by atoms with Crippen molar-refractivity contribution >= 4 is 5.97 Å². The number of carboxylic acids is 1. The Morgan fingerprint density at radius 1 is 1.60 bits per heavy atom. The highest BCUT2D eigenvalue weighted by Gasteiger charge is 2.32. The van der Waals surface area contributed by atoms with E-state index < -0.39 is 5.97 Å².